The van der Waals surface area contributed by atoms with Gasteiger partial charge in [-0.05, 0) is 38.0 Å². The Labute approximate surface area is 135 Å². The van der Waals surface area contributed by atoms with Gasteiger partial charge in [0, 0.05) is 32.8 Å². The smallest absolute Gasteiger partial charge is 0.191 e. The zero-order chi connectivity index (χ0) is 13.2. The van der Waals surface area contributed by atoms with Crippen molar-refractivity contribution in [1.29, 1.82) is 0 Å². The number of nitrogens with zero attached hydrogens (tertiary/aromatic N) is 1. The molecule has 0 unspecified atom stereocenters. The molecule has 0 saturated heterocycles. The van der Waals surface area contributed by atoms with Crippen LogP contribution in [0.25, 0.3) is 0 Å². The van der Waals surface area contributed by atoms with Gasteiger partial charge in [0.2, 0.25) is 0 Å². The quantitative estimate of drug-likeness (QED) is 0.279. The molecule has 19 heavy (non-hydrogen) atoms. The Morgan fingerprint density at radius 2 is 2.05 bits per heavy atom. The van der Waals surface area contributed by atoms with Crippen molar-refractivity contribution >= 4 is 29.9 Å². The minimum absolute atomic E-state index is 0. The van der Waals surface area contributed by atoms with E-state index in [0.29, 0.717) is 5.92 Å². The second kappa shape index (κ2) is 11.8. The largest absolute Gasteiger partial charge is 0.381 e. The molecule has 0 aromatic heterocycles. The molecule has 0 heterocycles. The third-order valence-electron chi connectivity index (χ3n) is 2.77. The molecule has 1 aliphatic rings. The summed E-state index contributed by atoms with van der Waals surface area (Å²) in [6.45, 7) is 11.0. The first-order valence-electron chi connectivity index (χ1n) is 7.32. The Balaban J connectivity index is 0.00000324. The molecular formula is C14H30IN3O. The lowest BCUT2D eigenvalue weighted by atomic mass is 10.2. The average molecular weight is 383 g/mol. The van der Waals surface area contributed by atoms with E-state index in [1.807, 2.05) is 0 Å². The minimum Gasteiger partial charge on any atom is -0.381 e. The van der Waals surface area contributed by atoms with E-state index in [-0.39, 0.29) is 24.0 Å². The Kier molecular flexibility index (Phi) is 11.7. The van der Waals surface area contributed by atoms with Crippen LogP contribution < -0.4 is 10.6 Å². The first kappa shape index (κ1) is 19.0. The highest BCUT2D eigenvalue weighted by molar-refractivity contribution is 14.0. The van der Waals surface area contributed by atoms with E-state index in [4.69, 9.17) is 4.74 Å². The van der Waals surface area contributed by atoms with Gasteiger partial charge in [0.15, 0.2) is 5.96 Å². The van der Waals surface area contributed by atoms with Gasteiger partial charge in [-0.25, -0.2) is 0 Å². The zero-order valence-electron chi connectivity index (χ0n) is 12.6. The van der Waals surface area contributed by atoms with Crippen LogP contribution in [-0.2, 0) is 4.74 Å². The Bertz CT molecular complexity index is 243. The molecule has 0 spiro atoms. The lowest BCUT2D eigenvalue weighted by Crippen LogP contribution is -2.38. The summed E-state index contributed by atoms with van der Waals surface area (Å²) < 4.78 is 5.60. The number of ether oxygens (including phenoxy) is 1. The highest BCUT2D eigenvalue weighted by atomic mass is 127. The molecule has 1 saturated carbocycles. The fourth-order valence-electron chi connectivity index (χ4n) is 1.53. The van der Waals surface area contributed by atoms with E-state index < -0.39 is 0 Å². The number of rotatable bonds is 9. The van der Waals surface area contributed by atoms with Crippen molar-refractivity contribution in [2.24, 2.45) is 16.8 Å². The summed E-state index contributed by atoms with van der Waals surface area (Å²) in [6.07, 6.45) is 3.77. The number of guanidine groups is 1. The first-order chi connectivity index (χ1) is 8.72. The Morgan fingerprint density at radius 1 is 1.32 bits per heavy atom. The van der Waals surface area contributed by atoms with Crippen molar-refractivity contribution in [2.45, 2.75) is 40.0 Å². The van der Waals surface area contributed by atoms with E-state index in [1.54, 1.807) is 0 Å². The predicted molar refractivity (Wildman–Crippen MR) is 92.4 cm³/mol. The van der Waals surface area contributed by atoms with Gasteiger partial charge in [-0.1, -0.05) is 13.8 Å². The lowest BCUT2D eigenvalue weighted by Gasteiger charge is -2.12. The fraction of sp³-hybridized carbons (Fsp3) is 0.929. The van der Waals surface area contributed by atoms with Crippen LogP contribution in [0.1, 0.15) is 40.0 Å². The normalized spacial score (nSPS) is 15.3. The summed E-state index contributed by atoms with van der Waals surface area (Å²) in [4.78, 5) is 4.52. The van der Waals surface area contributed by atoms with Gasteiger partial charge in [-0.3, -0.25) is 4.99 Å². The second-order valence-corrected chi connectivity index (χ2v) is 5.41. The summed E-state index contributed by atoms with van der Waals surface area (Å²) in [5, 5.41) is 6.59. The molecule has 0 aromatic rings. The third-order valence-corrected chi connectivity index (χ3v) is 2.77. The maximum absolute atomic E-state index is 5.60. The van der Waals surface area contributed by atoms with E-state index in [1.165, 1.54) is 12.8 Å². The van der Waals surface area contributed by atoms with E-state index in [9.17, 15) is 0 Å². The highest BCUT2D eigenvalue weighted by Crippen LogP contribution is 2.28. The van der Waals surface area contributed by atoms with Crippen LogP contribution in [-0.4, -0.2) is 38.8 Å². The molecule has 4 nitrogen and oxygen atoms in total. The molecule has 114 valence electrons. The molecule has 0 bridgehead atoms. The summed E-state index contributed by atoms with van der Waals surface area (Å²) in [5.41, 5.74) is 0. The van der Waals surface area contributed by atoms with Crippen molar-refractivity contribution < 1.29 is 4.74 Å². The van der Waals surface area contributed by atoms with Crippen LogP contribution in [0.5, 0.6) is 0 Å². The molecule has 0 aliphatic heterocycles. The molecule has 1 rings (SSSR count). The molecule has 2 N–H and O–H groups in total. The number of hydrogen-bond acceptors (Lipinski definition) is 2. The summed E-state index contributed by atoms with van der Waals surface area (Å²) in [7, 11) is 0. The Morgan fingerprint density at radius 3 is 2.63 bits per heavy atom. The molecule has 0 aromatic carbocycles. The van der Waals surface area contributed by atoms with Crippen LogP contribution >= 0.6 is 24.0 Å². The van der Waals surface area contributed by atoms with Gasteiger partial charge in [0.1, 0.15) is 0 Å². The highest BCUT2D eigenvalue weighted by Gasteiger charge is 2.20. The topological polar surface area (TPSA) is 45.7 Å². The molecule has 1 aliphatic carbocycles. The van der Waals surface area contributed by atoms with E-state index >= 15 is 0 Å². The van der Waals surface area contributed by atoms with E-state index in [0.717, 1.165) is 51.1 Å². The number of nitrogens with one attached hydrogen (secondary N) is 2. The van der Waals surface area contributed by atoms with Gasteiger partial charge in [-0.15, -0.1) is 24.0 Å². The number of hydrogen-bond donors (Lipinski definition) is 2. The van der Waals surface area contributed by atoms with Crippen molar-refractivity contribution in [3.8, 4) is 0 Å². The molecule has 0 radical (unpaired) electrons. The summed E-state index contributed by atoms with van der Waals surface area (Å²) in [6, 6.07) is 0. The standard InChI is InChI=1S/C14H29N3O.HI/c1-4-15-14(17-10-12(2)3)16-8-5-9-18-11-13-6-7-13;/h12-13H,4-11H2,1-3H3,(H2,15,16,17);1H. The fourth-order valence-corrected chi connectivity index (χ4v) is 1.53. The molecule has 0 atom stereocenters. The van der Waals surface area contributed by atoms with Crippen LogP contribution in [0.15, 0.2) is 4.99 Å². The molecule has 5 heteroatoms. The van der Waals surface area contributed by atoms with Gasteiger partial charge in [0.05, 0.1) is 0 Å². The Hall–Kier alpha value is -0.0400. The summed E-state index contributed by atoms with van der Waals surface area (Å²) in [5.74, 6) is 2.39. The van der Waals surface area contributed by atoms with Crippen molar-refractivity contribution in [3.63, 3.8) is 0 Å². The van der Waals surface area contributed by atoms with Crippen LogP contribution in [0.4, 0.5) is 0 Å². The number of halogens is 1. The number of aliphatic imine (C=N–C) groups is 1. The average Bonchev–Trinajstić information content (AvgIpc) is 3.14. The van der Waals surface area contributed by atoms with E-state index in [2.05, 4.69) is 36.4 Å². The van der Waals surface area contributed by atoms with Gasteiger partial charge in [0.25, 0.3) is 0 Å². The maximum Gasteiger partial charge on any atom is 0.191 e. The van der Waals surface area contributed by atoms with Crippen LogP contribution in [0.3, 0.4) is 0 Å². The SMILES string of the molecule is CCNC(=NCC(C)C)NCCCOCC1CC1.I. The molecular weight excluding hydrogens is 353 g/mol. The van der Waals surface area contributed by atoms with Crippen LogP contribution in [0, 0.1) is 11.8 Å². The first-order valence-corrected chi connectivity index (χ1v) is 7.32. The second-order valence-electron chi connectivity index (χ2n) is 5.41. The van der Waals surface area contributed by atoms with Gasteiger partial charge in [-0.2, -0.15) is 0 Å². The third kappa shape index (κ3) is 11.5. The van der Waals surface area contributed by atoms with Crippen molar-refractivity contribution in [2.75, 3.05) is 32.8 Å². The predicted octanol–water partition coefficient (Wildman–Crippen LogP) is 2.63. The minimum atomic E-state index is 0. The summed E-state index contributed by atoms with van der Waals surface area (Å²) >= 11 is 0. The van der Waals surface area contributed by atoms with Crippen LogP contribution in [0.2, 0.25) is 0 Å². The van der Waals surface area contributed by atoms with Gasteiger partial charge >= 0.3 is 0 Å². The van der Waals surface area contributed by atoms with Crippen molar-refractivity contribution in [1.82, 2.24) is 10.6 Å². The van der Waals surface area contributed by atoms with Crippen molar-refractivity contribution in [3.05, 3.63) is 0 Å². The molecule has 1 fully saturated rings. The lowest BCUT2D eigenvalue weighted by molar-refractivity contribution is 0.123. The molecule has 0 amide bonds. The van der Waals surface area contributed by atoms with Gasteiger partial charge < -0.3 is 15.4 Å². The maximum atomic E-state index is 5.60. The monoisotopic (exact) mass is 383 g/mol. The zero-order valence-corrected chi connectivity index (χ0v) is 14.9.